The van der Waals surface area contributed by atoms with Crippen molar-refractivity contribution in [1.82, 2.24) is 19.7 Å². The second-order valence-electron chi connectivity index (χ2n) is 7.75. The number of fused-ring (bicyclic) bond motifs is 1. The Morgan fingerprint density at radius 2 is 2.12 bits per heavy atom. The van der Waals surface area contributed by atoms with Gasteiger partial charge in [0.05, 0.1) is 18.8 Å². The van der Waals surface area contributed by atoms with Gasteiger partial charge in [0.25, 0.3) is 0 Å². The van der Waals surface area contributed by atoms with Crippen molar-refractivity contribution in [3.05, 3.63) is 74.8 Å². The molecule has 2 aliphatic rings. The summed E-state index contributed by atoms with van der Waals surface area (Å²) < 4.78 is 56.2. The number of hydrogen-bond acceptors (Lipinski definition) is 6. The number of allylic oxidation sites excluding steroid dienone is 1. The zero-order valence-electron chi connectivity index (χ0n) is 16.8. The van der Waals surface area contributed by atoms with E-state index in [9.17, 15) is 18.3 Å². The molecule has 0 amide bonds. The zero-order chi connectivity index (χ0) is 23.3. The van der Waals surface area contributed by atoms with Gasteiger partial charge in [0.1, 0.15) is 11.9 Å². The van der Waals surface area contributed by atoms with Crippen LogP contribution in [0, 0.1) is 5.82 Å². The molecule has 5 rings (SSSR count). The van der Waals surface area contributed by atoms with Crippen LogP contribution in [0.15, 0.2) is 52.7 Å². The number of aliphatic hydroxyl groups excluding tert-OH is 1. The Kier molecular flexibility index (Phi) is 5.50. The average Bonchev–Trinajstić information content (AvgIpc) is 3.52. The Morgan fingerprint density at radius 1 is 1.30 bits per heavy atom. The number of rotatable bonds is 5. The van der Waals surface area contributed by atoms with E-state index in [2.05, 4.69) is 10.1 Å². The lowest BCUT2D eigenvalue weighted by atomic mass is 9.91. The lowest BCUT2D eigenvalue weighted by Crippen LogP contribution is -2.37. The van der Waals surface area contributed by atoms with Crippen LogP contribution in [0.2, 0.25) is 5.02 Å². The molecule has 6 nitrogen and oxygen atoms in total. The Hall–Kier alpha value is -2.76. The zero-order valence-corrected chi connectivity index (χ0v) is 18.4. The van der Waals surface area contributed by atoms with Gasteiger partial charge in [-0.25, -0.2) is 18.4 Å². The molecule has 1 N–H and O–H groups in total. The summed E-state index contributed by atoms with van der Waals surface area (Å²) in [6.07, 6.45) is 2.50. The van der Waals surface area contributed by atoms with Crippen LogP contribution < -0.4 is 0 Å². The highest BCUT2D eigenvalue weighted by molar-refractivity contribution is 7.11. The molecule has 172 valence electrons. The van der Waals surface area contributed by atoms with Gasteiger partial charge in [0, 0.05) is 46.1 Å². The van der Waals surface area contributed by atoms with Crippen LogP contribution in [0.4, 0.5) is 17.6 Å². The third-order valence-corrected chi connectivity index (χ3v) is 6.69. The molecular formula is C21H16ClF4N5OS. The molecule has 12 heteroatoms. The monoisotopic (exact) mass is 497 g/mol. The molecule has 0 unspecified atom stereocenters. The van der Waals surface area contributed by atoms with Crippen LogP contribution in [0.1, 0.15) is 35.3 Å². The van der Waals surface area contributed by atoms with E-state index in [1.54, 1.807) is 16.5 Å². The molecule has 0 aliphatic carbocycles. The van der Waals surface area contributed by atoms with Crippen LogP contribution in [-0.2, 0) is 0 Å². The van der Waals surface area contributed by atoms with Gasteiger partial charge in [-0.3, -0.25) is 4.99 Å². The number of thiazole rings is 1. The van der Waals surface area contributed by atoms with Crippen molar-refractivity contribution < 1.29 is 22.7 Å². The van der Waals surface area contributed by atoms with E-state index in [4.69, 9.17) is 16.6 Å². The Bertz CT molecular complexity index is 1260. The average molecular weight is 498 g/mol. The number of amidine groups is 1. The number of hydrogen-bond donors (Lipinski definition) is 1. The molecule has 2 aromatic heterocycles. The fourth-order valence-electron chi connectivity index (χ4n) is 4.12. The van der Waals surface area contributed by atoms with Crippen molar-refractivity contribution in [2.75, 3.05) is 13.2 Å². The van der Waals surface area contributed by atoms with E-state index in [0.29, 0.717) is 32.4 Å². The van der Waals surface area contributed by atoms with Gasteiger partial charge in [-0.1, -0.05) is 17.7 Å². The Labute approximate surface area is 194 Å². The maximum atomic E-state index is 15.4. The summed E-state index contributed by atoms with van der Waals surface area (Å²) in [7, 11) is 0. The van der Waals surface area contributed by atoms with Crippen molar-refractivity contribution >= 4 is 34.3 Å². The fourth-order valence-corrected chi connectivity index (χ4v) is 5.04. The van der Waals surface area contributed by atoms with Gasteiger partial charge in [-0.05, 0) is 18.2 Å². The maximum absolute atomic E-state index is 15.4. The molecule has 3 aromatic rings. The van der Waals surface area contributed by atoms with Gasteiger partial charge in [-0.15, -0.1) is 11.3 Å². The summed E-state index contributed by atoms with van der Waals surface area (Å²) in [5, 5.41) is 16.0. The van der Waals surface area contributed by atoms with E-state index in [0.717, 1.165) is 12.3 Å². The quantitative estimate of drug-likeness (QED) is 0.512. The van der Waals surface area contributed by atoms with Gasteiger partial charge in [0.15, 0.2) is 16.5 Å². The van der Waals surface area contributed by atoms with Crippen molar-refractivity contribution in [2.45, 2.75) is 24.7 Å². The highest BCUT2D eigenvalue weighted by atomic mass is 35.5. The molecule has 2 atom stereocenters. The maximum Gasteiger partial charge on any atom is 0.333 e. The molecule has 1 saturated heterocycles. The molecule has 2 aliphatic heterocycles. The number of alkyl halides is 3. The minimum Gasteiger partial charge on any atom is -0.393 e. The van der Waals surface area contributed by atoms with Crippen LogP contribution in [-0.4, -0.2) is 49.4 Å². The number of benzene rings is 1. The molecule has 0 bridgehead atoms. The van der Waals surface area contributed by atoms with Crippen LogP contribution in [0.25, 0.3) is 5.57 Å². The first-order chi connectivity index (χ1) is 15.8. The number of aliphatic imine (C=N–C) groups is 1. The summed E-state index contributed by atoms with van der Waals surface area (Å²) in [6.45, 7) is -3.80. The number of aromatic nitrogens is 3. The molecule has 1 fully saturated rings. The van der Waals surface area contributed by atoms with Crippen molar-refractivity contribution in [1.29, 1.82) is 0 Å². The third-order valence-electron chi connectivity index (χ3n) is 5.59. The molecule has 33 heavy (non-hydrogen) atoms. The molecule has 4 heterocycles. The van der Waals surface area contributed by atoms with Crippen LogP contribution >= 0.6 is 22.9 Å². The Morgan fingerprint density at radius 3 is 2.76 bits per heavy atom. The highest BCUT2D eigenvalue weighted by Crippen LogP contribution is 2.48. The lowest BCUT2D eigenvalue weighted by Gasteiger charge is -2.32. The molecule has 0 spiro atoms. The van der Waals surface area contributed by atoms with Gasteiger partial charge >= 0.3 is 6.55 Å². The standard InChI is InChI=1S/C21H16ClF4N5OS/c22-13-7-11(23)1-2-12(13)17-16(14-3-5-31(29-14)20(24)25)15-8-21(26,10-32)9-30(15)18(28-17)19-27-4-6-33-19/h1-7,17,20,32H,8-10H2/t17-,21+/m0/s1. The SMILES string of the molecule is OC[C@@]1(F)CC2=C(c3ccn(C(F)F)n3)[C@H](c3ccc(F)cc3Cl)N=C(c3nccs3)N2C1. The predicted molar refractivity (Wildman–Crippen MR) is 115 cm³/mol. The van der Waals surface area contributed by atoms with Crippen LogP contribution in [0.5, 0.6) is 0 Å². The number of nitrogens with zero attached hydrogens (tertiary/aromatic N) is 5. The fraction of sp³-hybridized carbons (Fsp3) is 0.286. The van der Waals surface area contributed by atoms with Gasteiger partial charge < -0.3 is 10.0 Å². The minimum absolute atomic E-state index is 0.0775. The van der Waals surface area contributed by atoms with E-state index < -0.39 is 30.7 Å². The minimum atomic E-state index is -2.87. The van der Waals surface area contributed by atoms with E-state index in [-0.39, 0.29) is 23.7 Å². The third kappa shape index (κ3) is 3.83. The topological polar surface area (TPSA) is 66.5 Å². The molecule has 1 aromatic carbocycles. The summed E-state index contributed by atoms with van der Waals surface area (Å²) in [4.78, 5) is 10.7. The van der Waals surface area contributed by atoms with Crippen molar-refractivity contribution in [3.8, 4) is 0 Å². The first-order valence-electron chi connectivity index (χ1n) is 9.86. The Balaban J connectivity index is 1.76. The second kappa shape index (κ2) is 8.23. The summed E-state index contributed by atoms with van der Waals surface area (Å²) in [5.74, 6) is -0.194. The van der Waals surface area contributed by atoms with Crippen LogP contribution in [0.3, 0.4) is 0 Å². The van der Waals surface area contributed by atoms with E-state index >= 15 is 4.39 Å². The van der Waals surface area contributed by atoms with E-state index in [1.165, 1.54) is 29.5 Å². The summed E-state index contributed by atoms with van der Waals surface area (Å²) >= 11 is 7.64. The predicted octanol–water partition coefficient (Wildman–Crippen LogP) is 4.85. The number of aliphatic hydroxyl groups is 1. The van der Waals surface area contributed by atoms with Crippen molar-refractivity contribution in [3.63, 3.8) is 0 Å². The van der Waals surface area contributed by atoms with E-state index in [1.807, 2.05) is 0 Å². The first kappa shape index (κ1) is 22.1. The molecule has 0 radical (unpaired) electrons. The summed E-state index contributed by atoms with van der Waals surface area (Å²) in [6, 6.07) is 4.30. The van der Waals surface area contributed by atoms with Gasteiger partial charge in [-0.2, -0.15) is 13.9 Å². The lowest BCUT2D eigenvalue weighted by molar-refractivity contribution is 0.0564. The number of halogens is 5. The smallest absolute Gasteiger partial charge is 0.333 e. The van der Waals surface area contributed by atoms with Gasteiger partial charge in [0.2, 0.25) is 0 Å². The normalized spacial score (nSPS) is 22.8. The van der Waals surface area contributed by atoms with Crippen molar-refractivity contribution in [2.24, 2.45) is 4.99 Å². The summed E-state index contributed by atoms with van der Waals surface area (Å²) in [5.41, 5.74) is -0.635. The highest BCUT2D eigenvalue weighted by Gasteiger charge is 2.48. The molecule has 0 saturated carbocycles. The molecular weight excluding hydrogens is 482 g/mol. The second-order valence-corrected chi connectivity index (χ2v) is 9.05. The first-order valence-corrected chi connectivity index (χ1v) is 11.1. The largest absolute Gasteiger partial charge is 0.393 e.